The van der Waals surface area contributed by atoms with E-state index in [4.69, 9.17) is 9.84 Å². The van der Waals surface area contributed by atoms with Crippen LogP contribution in [0.4, 0.5) is 35.2 Å². The number of fused-ring (bicyclic) bond motifs is 2. The number of benzene rings is 1. The van der Waals surface area contributed by atoms with E-state index in [-0.39, 0.29) is 23.7 Å². The van der Waals surface area contributed by atoms with E-state index in [1.165, 1.54) is 10.7 Å². The van der Waals surface area contributed by atoms with Crippen molar-refractivity contribution in [3.05, 3.63) is 47.3 Å². The zero-order valence-corrected chi connectivity index (χ0v) is 31.0. The summed E-state index contributed by atoms with van der Waals surface area (Å²) in [6.07, 6.45) is 4.08. The van der Waals surface area contributed by atoms with E-state index in [0.717, 1.165) is 42.5 Å². The lowest BCUT2D eigenvalue weighted by atomic mass is 9.77. The lowest BCUT2D eigenvalue weighted by molar-refractivity contribution is -0.136. The number of imidazole rings is 1. The predicted octanol–water partition coefficient (Wildman–Crippen LogP) is 5.24. The molecule has 6 heterocycles. The van der Waals surface area contributed by atoms with Crippen LogP contribution in [-0.4, -0.2) is 124 Å². The molecule has 1 aliphatic carbocycles. The molecule has 2 N–H and O–H groups in total. The van der Waals surface area contributed by atoms with Gasteiger partial charge in [-0.3, -0.25) is 14.6 Å². The molecule has 53 heavy (non-hydrogen) atoms. The lowest BCUT2D eigenvalue weighted by Crippen LogP contribution is -2.60. The Labute approximate surface area is 308 Å². The molecule has 3 aromatic rings. The number of nitrogens with zero attached hydrogens (tertiary/aromatic N) is 7. The van der Waals surface area contributed by atoms with Gasteiger partial charge in [0, 0.05) is 57.9 Å². The molecule has 12 nitrogen and oxygen atoms in total. The van der Waals surface area contributed by atoms with E-state index in [2.05, 4.69) is 20.5 Å². The molecule has 8 rings (SSSR count). The van der Waals surface area contributed by atoms with Crippen molar-refractivity contribution in [2.24, 2.45) is 5.41 Å². The maximum atomic E-state index is 16.0. The Morgan fingerprint density at radius 2 is 1.81 bits per heavy atom. The summed E-state index contributed by atoms with van der Waals surface area (Å²) >= 11 is 0. The van der Waals surface area contributed by atoms with Crippen LogP contribution in [0, 0.1) is 5.41 Å². The fourth-order valence-electron chi connectivity index (χ4n) is 8.83. The van der Waals surface area contributed by atoms with E-state index in [1.807, 2.05) is 54.8 Å². The van der Waals surface area contributed by atoms with Crippen LogP contribution in [0.25, 0.3) is 5.65 Å². The van der Waals surface area contributed by atoms with Crippen LogP contribution in [0.5, 0.6) is 0 Å². The fourth-order valence-corrected chi connectivity index (χ4v) is 8.83. The normalized spacial score (nSPS) is 25.5. The summed E-state index contributed by atoms with van der Waals surface area (Å²) in [4.78, 5) is 37.8. The Bertz CT molecular complexity index is 1890. The number of carbonyl (C=O) groups is 2. The number of aromatic nitrogens is 3. The Morgan fingerprint density at radius 3 is 2.51 bits per heavy atom. The summed E-state index contributed by atoms with van der Waals surface area (Å²) in [5, 5.41) is 10.7. The molecule has 0 bridgehead atoms. The summed E-state index contributed by atoms with van der Waals surface area (Å²) < 4.78 is 52.6. The molecule has 0 radical (unpaired) electrons. The van der Waals surface area contributed by atoms with Gasteiger partial charge in [-0.25, -0.2) is 27.5 Å². The van der Waals surface area contributed by atoms with Gasteiger partial charge < -0.3 is 25.2 Å². The lowest BCUT2D eigenvalue weighted by Gasteiger charge is -2.48. The third-order valence-electron chi connectivity index (χ3n) is 11.8. The molecule has 1 unspecified atom stereocenters. The Balaban J connectivity index is 0.917. The first-order valence-electron chi connectivity index (χ1n) is 18.9. The molecule has 3 atom stereocenters. The number of alkyl halides is 3. The molecule has 4 aliphatic heterocycles. The van der Waals surface area contributed by atoms with Crippen LogP contribution in [-0.2, 0) is 17.7 Å². The highest BCUT2D eigenvalue weighted by molar-refractivity contribution is 5.94. The Hall–Kier alpha value is -4.11. The molecule has 1 spiro atoms. The number of piperidine rings is 2. The first kappa shape index (κ1) is 35.9. The highest BCUT2D eigenvalue weighted by Gasteiger charge is 2.51. The van der Waals surface area contributed by atoms with Gasteiger partial charge >= 0.3 is 6.09 Å². The van der Waals surface area contributed by atoms with Crippen molar-refractivity contribution in [2.75, 3.05) is 63.1 Å². The number of halogens is 3. The topological polar surface area (TPSA) is 111 Å². The zero-order chi connectivity index (χ0) is 37.3. The molecule has 4 fully saturated rings. The van der Waals surface area contributed by atoms with E-state index >= 15 is 8.78 Å². The second-order valence-corrected chi connectivity index (χ2v) is 16.7. The van der Waals surface area contributed by atoms with Crippen molar-refractivity contribution in [1.82, 2.24) is 34.6 Å². The molecular formula is C38H50F3N9O3. The van der Waals surface area contributed by atoms with Gasteiger partial charge in [0.1, 0.15) is 11.8 Å². The van der Waals surface area contributed by atoms with Gasteiger partial charge in [0.05, 0.1) is 30.5 Å². The predicted molar refractivity (Wildman–Crippen MR) is 195 cm³/mol. The number of likely N-dealkylation sites (tertiary alicyclic amines) is 3. The van der Waals surface area contributed by atoms with Gasteiger partial charge in [-0.2, -0.15) is 0 Å². The maximum absolute atomic E-state index is 16.0. The summed E-state index contributed by atoms with van der Waals surface area (Å²) in [6, 6.07) is 6.63. The van der Waals surface area contributed by atoms with Crippen LogP contribution < -0.4 is 15.5 Å². The summed E-state index contributed by atoms with van der Waals surface area (Å²) in [7, 11) is 1.78. The van der Waals surface area contributed by atoms with E-state index in [9.17, 15) is 14.0 Å². The van der Waals surface area contributed by atoms with Crippen LogP contribution in [0.1, 0.15) is 74.5 Å². The molecule has 2 aromatic heterocycles. The number of rotatable bonds is 7. The highest BCUT2D eigenvalue weighted by Crippen LogP contribution is 2.44. The minimum atomic E-state index is -2.85. The summed E-state index contributed by atoms with van der Waals surface area (Å²) in [5.74, 6) is -2.66. The van der Waals surface area contributed by atoms with E-state index < -0.39 is 35.7 Å². The van der Waals surface area contributed by atoms with Gasteiger partial charge in [0.25, 0.3) is 11.8 Å². The number of hydrogen-bond donors (Lipinski definition) is 2. The van der Waals surface area contributed by atoms with Crippen molar-refractivity contribution in [2.45, 2.75) is 95.6 Å². The Morgan fingerprint density at radius 1 is 1.06 bits per heavy atom. The first-order valence-corrected chi connectivity index (χ1v) is 18.9. The summed E-state index contributed by atoms with van der Waals surface area (Å²) in [6.45, 7) is 9.47. The SMILES string of the molecule is CNc1cc(N2CCc3c(CN4CCC(N5CCC6(CCN(C(=O)OC(C)(C)C)C6)CC5)C(F)(F)C4)cccc32)nn2c(C(=O)N[C@@H]3C[C@@H]3F)cnc12. The molecule has 2 amide bonds. The van der Waals surface area contributed by atoms with E-state index in [1.54, 1.807) is 11.9 Å². The average Bonchev–Trinajstić information content (AvgIpc) is 3.48. The van der Waals surface area contributed by atoms with Crippen LogP contribution in [0.3, 0.4) is 0 Å². The number of carbonyl (C=O) groups excluding carboxylic acids is 2. The minimum absolute atomic E-state index is 0.0209. The number of nitrogens with one attached hydrogen (secondary N) is 2. The van der Waals surface area contributed by atoms with Crippen molar-refractivity contribution in [3.63, 3.8) is 0 Å². The second-order valence-electron chi connectivity index (χ2n) is 16.7. The number of hydrogen-bond acceptors (Lipinski definition) is 9. The fraction of sp³-hybridized carbons (Fsp3) is 0.632. The van der Waals surface area contributed by atoms with Gasteiger partial charge in [-0.15, -0.1) is 5.10 Å². The van der Waals surface area contributed by atoms with Crippen LogP contribution in [0.2, 0.25) is 0 Å². The van der Waals surface area contributed by atoms with Gasteiger partial charge in [-0.05, 0) is 88.6 Å². The standard InChI is InChI=1S/C38H50F3N9O3/c1-36(2,3)53-35(52)48-17-12-37(22-48)10-15-47(16-11-37)31-9-13-46(23-38(31,40)41)21-24-6-5-7-29-25(24)8-14-49(29)32-19-28(42-4)33-43-20-30(50(33)45-32)34(51)44-27-18-26(27)39/h5-7,19-20,26-27,31,42H,8-18,21-23H2,1-4H3,(H,44,51)/t26-,27+,31?/m0/s1. The second kappa shape index (κ2) is 13.3. The monoisotopic (exact) mass is 737 g/mol. The number of ether oxygens (including phenoxy) is 1. The molecule has 286 valence electrons. The quantitative estimate of drug-likeness (QED) is 0.337. The molecule has 15 heteroatoms. The number of amides is 2. The van der Waals surface area contributed by atoms with Crippen molar-refractivity contribution < 1.29 is 27.5 Å². The molecule has 1 saturated carbocycles. The van der Waals surface area contributed by atoms with Gasteiger partial charge in [0.15, 0.2) is 17.2 Å². The molecule has 5 aliphatic rings. The molecular weight excluding hydrogens is 687 g/mol. The largest absolute Gasteiger partial charge is 0.444 e. The third-order valence-corrected chi connectivity index (χ3v) is 11.8. The van der Waals surface area contributed by atoms with Crippen molar-refractivity contribution in [1.29, 1.82) is 0 Å². The maximum Gasteiger partial charge on any atom is 0.410 e. The van der Waals surface area contributed by atoms with Gasteiger partial charge in [0.2, 0.25) is 0 Å². The van der Waals surface area contributed by atoms with Gasteiger partial charge in [-0.1, -0.05) is 12.1 Å². The van der Waals surface area contributed by atoms with Crippen LogP contribution >= 0.6 is 0 Å². The molecule has 3 saturated heterocycles. The zero-order valence-electron chi connectivity index (χ0n) is 31.0. The Kier molecular flexibility index (Phi) is 9.03. The van der Waals surface area contributed by atoms with Crippen molar-refractivity contribution in [3.8, 4) is 0 Å². The summed E-state index contributed by atoms with van der Waals surface area (Å²) in [5.41, 5.74) is 3.92. The van der Waals surface area contributed by atoms with Crippen LogP contribution in [0.15, 0.2) is 30.5 Å². The molecule has 1 aromatic carbocycles. The smallest absolute Gasteiger partial charge is 0.410 e. The van der Waals surface area contributed by atoms with E-state index in [0.29, 0.717) is 75.8 Å². The minimum Gasteiger partial charge on any atom is -0.444 e. The third kappa shape index (κ3) is 7.02. The average molecular weight is 738 g/mol. The van der Waals surface area contributed by atoms with Crippen molar-refractivity contribution >= 4 is 34.8 Å². The first-order chi connectivity index (χ1) is 25.2. The highest BCUT2D eigenvalue weighted by atomic mass is 19.3. The number of anilines is 3.